The third kappa shape index (κ3) is 3.37. The molecule has 0 unspecified atom stereocenters. The van der Waals surface area contributed by atoms with Crippen molar-refractivity contribution in [2.75, 3.05) is 24.7 Å². The minimum absolute atomic E-state index is 0.800. The Balaban J connectivity index is 2.02. The summed E-state index contributed by atoms with van der Waals surface area (Å²) in [6.07, 6.45) is 0. The minimum atomic E-state index is 0.800. The number of thioether (sulfide) groups is 1. The molecule has 2 rings (SSSR count). The van der Waals surface area contributed by atoms with Crippen molar-refractivity contribution in [3.05, 3.63) is 28.2 Å². The SMILES string of the molecule is CN(C)c1nnc(SCc2ccc(Br)cc2N)s1. The molecule has 0 aliphatic rings. The van der Waals surface area contributed by atoms with E-state index in [1.54, 1.807) is 23.1 Å². The molecule has 2 aromatic rings. The number of nitrogen functional groups attached to an aromatic ring is 1. The molecule has 1 heterocycles. The van der Waals surface area contributed by atoms with Crippen molar-refractivity contribution in [3.8, 4) is 0 Å². The Bertz CT molecular complexity index is 542. The molecule has 0 aliphatic heterocycles. The average Bonchev–Trinajstić information content (AvgIpc) is 2.76. The molecular weight excluding hydrogens is 332 g/mol. The molecule has 0 aliphatic carbocycles. The molecule has 0 bridgehead atoms. The fourth-order valence-electron chi connectivity index (χ4n) is 1.28. The van der Waals surface area contributed by atoms with Crippen molar-refractivity contribution in [1.82, 2.24) is 10.2 Å². The van der Waals surface area contributed by atoms with Gasteiger partial charge in [-0.05, 0) is 17.7 Å². The number of aromatic nitrogens is 2. The summed E-state index contributed by atoms with van der Waals surface area (Å²) < 4.78 is 1.96. The molecule has 4 nitrogen and oxygen atoms in total. The van der Waals surface area contributed by atoms with Crippen LogP contribution in [0.25, 0.3) is 0 Å². The van der Waals surface area contributed by atoms with E-state index >= 15 is 0 Å². The first-order valence-corrected chi connectivity index (χ1v) is 7.83. The maximum absolute atomic E-state index is 5.95. The van der Waals surface area contributed by atoms with Gasteiger partial charge in [0.15, 0.2) is 4.34 Å². The summed E-state index contributed by atoms with van der Waals surface area (Å²) in [7, 11) is 3.92. The number of rotatable bonds is 4. The van der Waals surface area contributed by atoms with Gasteiger partial charge < -0.3 is 10.6 Å². The highest BCUT2D eigenvalue weighted by Crippen LogP contribution is 2.31. The highest BCUT2D eigenvalue weighted by molar-refractivity contribution is 9.10. The second-order valence-corrected chi connectivity index (χ2v) is 6.97. The molecule has 0 amide bonds. The number of hydrogen-bond donors (Lipinski definition) is 1. The summed E-state index contributed by atoms with van der Waals surface area (Å²) >= 11 is 6.64. The van der Waals surface area contributed by atoms with Crippen LogP contribution in [0.15, 0.2) is 27.0 Å². The topological polar surface area (TPSA) is 55.0 Å². The molecule has 0 saturated carbocycles. The third-order valence-electron chi connectivity index (χ3n) is 2.24. The van der Waals surface area contributed by atoms with E-state index in [-0.39, 0.29) is 0 Å². The molecule has 1 aromatic heterocycles. The van der Waals surface area contributed by atoms with Crippen LogP contribution >= 0.6 is 39.0 Å². The lowest BCUT2D eigenvalue weighted by molar-refractivity contribution is 0.972. The van der Waals surface area contributed by atoms with Crippen molar-refractivity contribution < 1.29 is 0 Å². The zero-order valence-electron chi connectivity index (χ0n) is 10.1. The van der Waals surface area contributed by atoms with E-state index in [9.17, 15) is 0 Å². The quantitative estimate of drug-likeness (QED) is 0.681. The highest BCUT2D eigenvalue weighted by atomic mass is 79.9. The Kier molecular flexibility index (Phi) is 4.47. The molecule has 2 N–H and O–H groups in total. The van der Waals surface area contributed by atoms with Crippen LogP contribution in [0.5, 0.6) is 0 Å². The molecule has 0 atom stereocenters. The van der Waals surface area contributed by atoms with Gasteiger partial charge in [0.05, 0.1) is 0 Å². The molecule has 1 aromatic carbocycles. The Morgan fingerprint density at radius 2 is 2.17 bits per heavy atom. The summed E-state index contributed by atoms with van der Waals surface area (Å²) in [5, 5.41) is 9.16. The predicted molar refractivity (Wildman–Crippen MR) is 82.4 cm³/mol. The van der Waals surface area contributed by atoms with Crippen molar-refractivity contribution >= 4 is 49.8 Å². The van der Waals surface area contributed by atoms with Gasteiger partial charge in [0, 0.05) is 30.0 Å². The molecule has 0 radical (unpaired) electrons. The van der Waals surface area contributed by atoms with Gasteiger partial charge in [0.2, 0.25) is 5.13 Å². The number of hydrogen-bond acceptors (Lipinski definition) is 6. The van der Waals surface area contributed by atoms with Crippen LogP contribution < -0.4 is 10.6 Å². The molecule has 18 heavy (non-hydrogen) atoms. The van der Waals surface area contributed by atoms with Crippen molar-refractivity contribution in [2.24, 2.45) is 0 Å². The van der Waals surface area contributed by atoms with E-state index in [0.29, 0.717) is 0 Å². The van der Waals surface area contributed by atoms with Gasteiger partial charge in [-0.25, -0.2) is 0 Å². The molecule has 96 valence electrons. The van der Waals surface area contributed by atoms with E-state index in [4.69, 9.17) is 5.73 Å². The maximum Gasteiger partial charge on any atom is 0.208 e. The van der Waals surface area contributed by atoms with Crippen LogP contribution in [0.3, 0.4) is 0 Å². The lowest BCUT2D eigenvalue weighted by atomic mass is 10.2. The standard InChI is InChI=1S/C11H13BrN4S2/c1-16(2)10-14-15-11(18-10)17-6-7-3-4-8(12)5-9(7)13/h3-5H,6,13H2,1-2H3. The van der Waals surface area contributed by atoms with Crippen LogP contribution in [0, 0.1) is 0 Å². The largest absolute Gasteiger partial charge is 0.398 e. The summed E-state index contributed by atoms with van der Waals surface area (Å²) in [5.41, 5.74) is 7.87. The average molecular weight is 345 g/mol. The normalized spacial score (nSPS) is 10.6. The van der Waals surface area contributed by atoms with Crippen LogP contribution in [0.2, 0.25) is 0 Å². The smallest absolute Gasteiger partial charge is 0.208 e. The molecule has 0 spiro atoms. The summed E-state index contributed by atoms with van der Waals surface area (Å²) in [6, 6.07) is 5.94. The first-order valence-electron chi connectivity index (χ1n) is 5.24. The third-order valence-corrected chi connectivity index (χ3v) is 5.00. The summed E-state index contributed by atoms with van der Waals surface area (Å²) in [5.74, 6) is 0.807. The lowest BCUT2D eigenvalue weighted by Gasteiger charge is -2.05. The van der Waals surface area contributed by atoms with Crippen molar-refractivity contribution in [2.45, 2.75) is 10.1 Å². The Morgan fingerprint density at radius 3 is 2.78 bits per heavy atom. The second-order valence-electron chi connectivity index (χ2n) is 3.88. The predicted octanol–water partition coefficient (Wildman–Crippen LogP) is 3.24. The molecule has 7 heteroatoms. The van der Waals surface area contributed by atoms with Crippen LogP contribution in [-0.2, 0) is 5.75 Å². The van der Waals surface area contributed by atoms with E-state index in [1.807, 2.05) is 37.2 Å². The minimum Gasteiger partial charge on any atom is -0.398 e. The van der Waals surface area contributed by atoms with Crippen LogP contribution in [-0.4, -0.2) is 24.3 Å². The molecular formula is C11H13BrN4S2. The van der Waals surface area contributed by atoms with Crippen molar-refractivity contribution in [1.29, 1.82) is 0 Å². The van der Waals surface area contributed by atoms with Crippen LogP contribution in [0.1, 0.15) is 5.56 Å². The van der Waals surface area contributed by atoms with E-state index in [0.717, 1.165) is 30.9 Å². The molecule has 0 saturated heterocycles. The Morgan fingerprint density at radius 1 is 1.39 bits per heavy atom. The Hall–Kier alpha value is -0.790. The van der Waals surface area contributed by atoms with Crippen molar-refractivity contribution in [3.63, 3.8) is 0 Å². The van der Waals surface area contributed by atoms with Gasteiger partial charge in [-0.1, -0.05) is 45.1 Å². The van der Waals surface area contributed by atoms with Gasteiger partial charge in [-0.2, -0.15) is 0 Å². The first-order chi connectivity index (χ1) is 8.56. The van der Waals surface area contributed by atoms with Gasteiger partial charge in [0.25, 0.3) is 0 Å². The van der Waals surface area contributed by atoms with Gasteiger partial charge in [0.1, 0.15) is 0 Å². The number of nitrogens with two attached hydrogens (primary N) is 1. The fraction of sp³-hybridized carbons (Fsp3) is 0.273. The zero-order chi connectivity index (χ0) is 13.1. The van der Waals surface area contributed by atoms with Gasteiger partial charge in [-0.3, -0.25) is 0 Å². The van der Waals surface area contributed by atoms with Gasteiger partial charge in [-0.15, -0.1) is 10.2 Å². The Labute approximate surface area is 123 Å². The maximum atomic E-state index is 5.95. The number of benzene rings is 1. The fourth-order valence-corrected chi connectivity index (χ4v) is 3.44. The van der Waals surface area contributed by atoms with Crippen LogP contribution in [0.4, 0.5) is 10.8 Å². The monoisotopic (exact) mass is 344 g/mol. The summed E-state index contributed by atoms with van der Waals surface area (Å²) in [4.78, 5) is 1.95. The number of anilines is 2. The van der Waals surface area contributed by atoms with E-state index < -0.39 is 0 Å². The number of halogens is 1. The summed E-state index contributed by atoms with van der Waals surface area (Å²) in [6.45, 7) is 0. The van der Waals surface area contributed by atoms with Gasteiger partial charge >= 0.3 is 0 Å². The lowest BCUT2D eigenvalue weighted by Crippen LogP contribution is -2.07. The first kappa shape index (κ1) is 13.6. The zero-order valence-corrected chi connectivity index (χ0v) is 13.3. The number of nitrogens with zero attached hydrogens (tertiary/aromatic N) is 3. The molecule has 0 fully saturated rings. The highest BCUT2D eigenvalue weighted by Gasteiger charge is 2.07. The van der Waals surface area contributed by atoms with E-state index in [2.05, 4.69) is 26.1 Å². The van der Waals surface area contributed by atoms with E-state index in [1.165, 1.54) is 0 Å². The second kappa shape index (κ2) is 5.90.